The highest BCUT2D eigenvalue weighted by molar-refractivity contribution is 5.78. The Kier molecular flexibility index (Phi) is 5.96. The first-order chi connectivity index (χ1) is 11.7. The van der Waals surface area contributed by atoms with Crippen molar-refractivity contribution in [1.29, 1.82) is 0 Å². The number of benzene rings is 1. The number of hydrogen-bond acceptors (Lipinski definition) is 4. The van der Waals surface area contributed by atoms with Gasteiger partial charge in [-0.3, -0.25) is 9.69 Å². The molecule has 1 aromatic carbocycles. The molecule has 3 rings (SSSR count). The van der Waals surface area contributed by atoms with Crippen LogP contribution in [0.25, 0.3) is 0 Å². The van der Waals surface area contributed by atoms with E-state index < -0.39 is 0 Å². The summed E-state index contributed by atoms with van der Waals surface area (Å²) in [7, 11) is 1.69. The molecule has 24 heavy (non-hydrogen) atoms. The van der Waals surface area contributed by atoms with Crippen LogP contribution in [0, 0.1) is 0 Å². The van der Waals surface area contributed by atoms with Crippen molar-refractivity contribution >= 4 is 11.6 Å². The van der Waals surface area contributed by atoms with Gasteiger partial charge in [-0.25, -0.2) is 0 Å². The molecule has 1 aliphatic carbocycles. The fourth-order valence-corrected chi connectivity index (χ4v) is 3.68. The van der Waals surface area contributed by atoms with Crippen molar-refractivity contribution in [2.24, 2.45) is 0 Å². The van der Waals surface area contributed by atoms with Crippen molar-refractivity contribution in [2.75, 3.05) is 44.7 Å². The van der Waals surface area contributed by atoms with E-state index in [2.05, 4.69) is 27.2 Å². The van der Waals surface area contributed by atoms with Gasteiger partial charge in [0.25, 0.3) is 0 Å². The van der Waals surface area contributed by atoms with Crippen LogP contribution in [-0.2, 0) is 4.79 Å². The van der Waals surface area contributed by atoms with E-state index in [0.717, 1.165) is 44.8 Å². The molecular weight excluding hydrogens is 302 g/mol. The van der Waals surface area contributed by atoms with Crippen LogP contribution in [0.3, 0.4) is 0 Å². The molecule has 0 bridgehead atoms. The molecule has 0 unspecified atom stereocenters. The van der Waals surface area contributed by atoms with Crippen LogP contribution < -0.4 is 15.0 Å². The number of carbonyl (C=O) groups excluding carboxylic acids is 1. The van der Waals surface area contributed by atoms with Gasteiger partial charge in [0.1, 0.15) is 5.75 Å². The molecule has 0 radical (unpaired) electrons. The molecule has 5 nitrogen and oxygen atoms in total. The number of rotatable bonds is 5. The second-order valence-corrected chi connectivity index (χ2v) is 6.86. The Hall–Kier alpha value is -1.75. The number of nitrogens with one attached hydrogen (secondary N) is 1. The minimum atomic E-state index is 0.194. The van der Waals surface area contributed by atoms with Crippen LogP contribution in [0.4, 0.5) is 5.69 Å². The predicted octanol–water partition coefficient (Wildman–Crippen LogP) is 2.27. The van der Waals surface area contributed by atoms with Crippen LogP contribution in [-0.4, -0.2) is 56.7 Å². The van der Waals surface area contributed by atoms with Gasteiger partial charge in [-0.15, -0.1) is 0 Å². The third kappa shape index (κ3) is 4.63. The number of nitrogens with zero attached hydrogens (tertiary/aromatic N) is 2. The maximum atomic E-state index is 12.2. The Bertz CT molecular complexity index is 518. The summed E-state index contributed by atoms with van der Waals surface area (Å²) < 4.78 is 5.21. The average molecular weight is 331 g/mol. The number of carbonyl (C=O) groups is 1. The summed E-state index contributed by atoms with van der Waals surface area (Å²) in [6.45, 7) is 4.33. The first-order valence-corrected chi connectivity index (χ1v) is 9.15. The van der Waals surface area contributed by atoms with Crippen molar-refractivity contribution in [2.45, 2.75) is 38.1 Å². The second kappa shape index (κ2) is 8.38. The molecule has 0 aromatic heterocycles. The average Bonchev–Trinajstić information content (AvgIpc) is 2.63. The van der Waals surface area contributed by atoms with Gasteiger partial charge in [0.15, 0.2) is 0 Å². The third-order valence-electron chi connectivity index (χ3n) is 5.15. The molecule has 1 heterocycles. The largest absolute Gasteiger partial charge is 0.497 e. The van der Waals surface area contributed by atoms with Gasteiger partial charge < -0.3 is 15.0 Å². The zero-order chi connectivity index (χ0) is 16.8. The number of amides is 1. The Morgan fingerprint density at radius 3 is 2.38 bits per heavy atom. The molecular formula is C19H29N3O2. The molecule has 1 saturated carbocycles. The summed E-state index contributed by atoms with van der Waals surface area (Å²) in [5.74, 6) is 1.08. The van der Waals surface area contributed by atoms with Crippen molar-refractivity contribution in [3.8, 4) is 5.75 Å². The van der Waals surface area contributed by atoms with Gasteiger partial charge in [-0.2, -0.15) is 0 Å². The summed E-state index contributed by atoms with van der Waals surface area (Å²) in [5.41, 5.74) is 1.22. The van der Waals surface area contributed by atoms with E-state index in [1.807, 2.05) is 12.1 Å². The Morgan fingerprint density at radius 2 is 1.75 bits per heavy atom. The first-order valence-electron chi connectivity index (χ1n) is 9.15. The molecule has 1 aromatic rings. The Labute approximate surface area is 145 Å². The van der Waals surface area contributed by atoms with Crippen LogP contribution >= 0.6 is 0 Å². The summed E-state index contributed by atoms with van der Waals surface area (Å²) >= 11 is 0. The predicted molar refractivity (Wildman–Crippen MR) is 96.7 cm³/mol. The smallest absolute Gasteiger partial charge is 0.234 e. The molecule has 0 spiro atoms. The van der Waals surface area contributed by atoms with E-state index in [1.165, 1.54) is 24.9 Å². The lowest BCUT2D eigenvalue weighted by atomic mass is 9.95. The molecule has 2 fully saturated rings. The van der Waals surface area contributed by atoms with Gasteiger partial charge in [-0.05, 0) is 37.1 Å². The standard InChI is InChI=1S/C19H29N3O2/c1-24-18-9-7-17(8-10-18)22-13-11-21(12-14-22)15-19(23)20-16-5-3-2-4-6-16/h7-10,16H,2-6,11-15H2,1H3,(H,20,23). The molecule has 1 saturated heterocycles. The monoisotopic (exact) mass is 331 g/mol. The molecule has 1 aliphatic heterocycles. The molecule has 0 atom stereocenters. The van der Waals surface area contributed by atoms with Crippen molar-refractivity contribution in [3.63, 3.8) is 0 Å². The van der Waals surface area contributed by atoms with Crippen molar-refractivity contribution < 1.29 is 9.53 Å². The van der Waals surface area contributed by atoms with E-state index in [-0.39, 0.29) is 5.91 Å². The minimum Gasteiger partial charge on any atom is -0.497 e. The molecule has 1 amide bonds. The van der Waals surface area contributed by atoms with E-state index in [4.69, 9.17) is 4.74 Å². The lowest BCUT2D eigenvalue weighted by Gasteiger charge is -2.36. The van der Waals surface area contributed by atoms with Gasteiger partial charge >= 0.3 is 0 Å². The number of anilines is 1. The van der Waals surface area contributed by atoms with Gasteiger partial charge in [-0.1, -0.05) is 19.3 Å². The topological polar surface area (TPSA) is 44.8 Å². The highest BCUT2D eigenvalue weighted by atomic mass is 16.5. The van der Waals surface area contributed by atoms with E-state index >= 15 is 0 Å². The molecule has 5 heteroatoms. The Morgan fingerprint density at radius 1 is 1.08 bits per heavy atom. The van der Waals surface area contributed by atoms with Crippen LogP contribution in [0.15, 0.2) is 24.3 Å². The van der Waals surface area contributed by atoms with Crippen LogP contribution in [0.2, 0.25) is 0 Å². The van der Waals surface area contributed by atoms with Gasteiger partial charge in [0.2, 0.25) is 5.91 Å². The second-order valence-electron chi connectivity index (χ2n) is 6.86. The van der Waals surface area contributed by atoms with Gasteiger partial charge in [0.05, 0.1) is 13.7 Å². The lowest BCUT2D eigenvalue weighted by molar-refractivity contribution is -0.123. The summed E-state index contributed by atoms with van der Waals surface area (Å²) in [6.07, 6.45) is 6.13. The fraction of sp³-hybridized carbons (Fsp3) is 0.632. The van der Waals surface area contributed by atoms with Crippen molar-refractivity contribution in [1.82, 2.24) is 10.2 Å². The zero-order valence-corrected chi connectivity index (χ0v) is 14.7. The number of piperazine rings is 1. The Balaban J connectivity index is 1.41. The first kappa shape index (κ1) is 17.1. The number of methoxy groups -OCH3 is 1. The lowest BCUT2D eigenvalue weighted by Crippen LogP contribution is -2.50. The summed E-state index contributed by atoms with van der Waals surface area (Å²) in [6, 6.07) is 8.61. The highest BCUT2D eigenvalue weighted by Crippen LogP contribution is 2.20. The molecule has 2 aliphatic rings. The summed E-state index contributed by atoms with van der Waals surface area (Å²) in [5, 5.41) is 3.21. The summed E-state index contributed by atoms with van der Waals surface area (Å²) in [4.78, 5) is 16.9. The number of hydrogen-bond donors (Lipinski definition) is 1. The zero-order valence-electron chi connectivity index (χ0n) is 14.7. The quantitative estimate of drug-likeness (QED) is 0.899. The minimum absolute atomic E-state index is 0.194. The van der Waals surface area contributed by atoms with Crippen molar-refractivity contribution in [3.05, 3.63) is 24.3 Å². The van der Waals surface area contributed by atoms with Crippen LogP contribution in [0.5, 0.6) is 5.75 Å². The van der Waals surface area contributed by atoms with E-state index in [0.29, 0.717) is 12.6 Å². The maximum absolute atomic E-state index is 12.2. The SMILES string of the molecule is COc1ccc(N2CCN(CC(=O)NC3CCCCC3)CC2)cc1. The van der Waals surface area contributed by atoms with E-state index in [1.54, 1.807) is 7.11 Å². The highest BCUT2D eigenvalue weighted by Gasteiger charge is 2.21. The van der Waals surface area contributed by atoms with E-state index in [9.17, 15) is 4.79 Å². The molecule has 1 N–H and O–H groups in total. The number of ether oxygens (including phenoxy) is 1. The normalized spacial score (nSPS) is 20.0. The van der Waals surface area contributed by atoms with Gasteiger partial charge in [0, 0.05) is 37.9 Å². The maximum Gasteiger partial charge on any atom is 0.234 e. The fourth-order valence-electron chi connectivity index (χ4n) is 3.68. The third-order valence-corrected chi connectivity index (χ3v) is 5.15. The van der Waals surface area contributed by atoms with Crippen LogP contribution in [0.1, 0.15) is 32.1 Å². The molecule has 132 valence electrons.